The average Bonchev–Trinajstić information content (AvgIpc) is 2.71. The monoisotopic (exact) mass is 425 g/mol. The molecule has 0 atom stereocenters. The van der Waals surface area contributed by atoms with E-state index in [0.717, 1.165) is 22.8 Å². The fourth-order valence-electron chi connectivity index (χ4n) is 2.69. The van der Waals surface area contributed by atoms with Gasteiger partial charge in [-0.05, 0) is 49.2 Å². The molecule has 3 aromatic rings. The Balaban J connectivity index is 1.96. The Hall–Kier alpha value is -3.79. The standard InChI is InChI=1S/C20H19N5O4S/c1-14-3-5-18(15(2)11-14)24-30(28,29)20-12-17(25(26)27)4-6-19(20)23-22-13-16-7-9-21-10-8-16/h3-13,23-24H,1-2H3. The number of benzene rings is 2. The van der Waals surface area contributed by atoms with Gasteiger partial charge in [-0.1, -0.05) is 17.7 Å². The number of nitrogens with one attached hydrogen (secondary N) is 2. The molecule has 0 aliphatic heterocycles. The predicted octanol–water partition coefficient (Wildman–Crippen LogP) is 3.85. The third kappa shape index (κ3) is 4.97. The maximum atomic E-state index is 13.0. The maximum Gasteiger partial charge on any atom is 0.270 e. The molecule has 0 unspecified atom stereocenters. The Morgan fingerprint density at radius 3 is 2.40 bits per heavy atom. The van der Waals surface area contributed by atoms with Crippen molar-refractivity contribution in [3.63, 3.8) is 0 Å². The molecule has 30 heavy (non-hydrogen) atoms. The van der Waals surface area contributed by atoms with Crippen LogP contribution in [0.4, 0.5) is 17.1 Å². The molecule has 9 nitrogen and oxygen atoms in total. The molecular weight excluding hydrogens is 406 g/mol. The van der Waals surface area contributed by atoms with Gasteiger partial charge in [0.2, 0.25) is 0 Å². The van der Waals surface area contributed by atoms with Gasteiger partial charge in [-0.2, -0.15) is 5.10 Å². The summed E-state index contributed by atoms with van der Waals surface area (Å²) < 4.78 is 28.6. The normalized spacial score (nSPS) is 11.4. The first-order valence-electron chi connectivity index (χ1n) is 8.84. The minimum absolute atomic E-state index is 0.100. The number of nitro groups is 1. The lowest BCUT2D eigenvalue weighted by molar-refractivity contribution is -0.385. The lowest BCUT2D eigenvalue weighted by atomic mass is 10.1. The Labute approximate surface area is 173 Å². The number of rotatable bonds is 7. The van der Waals surface area contributed by atoms with Crippen molar-refractivity contribution in [3.8, 4) is 0 Å². The first kappa shape index (κ1) is 20.9. The van der Waals surface area contributed by atoms with Gasteiger partial charge in [0.05, 0.1) is 22.5 Å². The fourth-order valence-corrected chi connectivity index (χ4v) is 4.00. The molecule has 0 aliphatic carbocycles. The summed E-state index contributed by atoms with van der Waals surface area (Å²) in [6.45, 7) is 3.67. The number of aromatic nitrogens is 1. The molecule has 2 N–H and O–H groups in total. The number of aryl methyl sites for hydroxylation is 2. The number of nitro benzene ring substituents is 1. The van der Waals surface area contributed by atoms with E-state index in [4.69, 9.17) is 0 Å². The molecule has 0 saturated carbocycles. The summed E-state index contributed by atoms with van der Waals surface area (Å²) >= 11 is 0. The number of hydrogen-bond donors (Lipinski definition) is 2. The van der Waals surface area contributed by atoms with E-state index in [1.54, 1.807) is 43.6 Å². The van der Waals surface area contributed by atoms with E-state index in [-0.39, 0.29) is 16.3 Å². The number of hydrazone groups is 1. The van der Waals surface area contributed by atoms with E-state index in [1.807, 2.05) is 13.0 Å². The van der Waals surface area contributed by atoms with Crippen LogP contribution in [0, 0.1) is 24.0 Å². The first-order chi connectivity index (χ1) is 14.3. The number of pyridine rings is 1. The third-order valence-corrected chi connectivity index (χ3v) is 5.60. The van der Waals surface area contributed by atoms with Crippen LogP contribution in [0.5, 0.6) is 0 Å². The lowest BCUT2D eigenvalue weighted by Crippen LogP contribution is -2.16. The van der Waals surface area contributed by atoms with E-state index in [2.05, 4.69) is 20.2 Å². The Kier molecular flexibility index (Phi) is 6.07. The van der Waals surface area contributed by atoms with E-state index < -0.39 is 14.9 Å². The van der Waals surface area contributed by atoms with Crippen molar-refractivity contribution in [1.29, 1.82) is 0 Å². The lowest BCUT2D eigenvalue weighted by Gasteiger charge is -2.14. The van der Waals surface area contributed by atoms with Crippen molar-refractivity contribution in [2.45, 2.75) is 18.7 Å². The summed E-state index contributed by atoms with van der Waals surface area (Å²) in [5.74, 6) is 0. The van der Waals surface area contributed by atoms with Gasteiger partial charge in [0, 0.05) is 24.5 Å². The van der Waals surface area contributed by atoms with Crippen molar-refractivity contribution >= 4 is 33.3 Å². The van der Waals surface area contributed by atoms with Crippen molar-refractivity contribution in [1.82, 2.24) is 4.98 Å². The zero-order chi connectivity index (χ0) is 21.7. The average molecular weight is 425 g/mol. The summed E-state index contributed by atoms with van der Waals surface area (Å²) in [4.78, 5) is 14.1. The van der Waals surface area contributed by atoms with E-state index in [0.29, 0.717) is 5.69 Å². The number of non-ortho nitro benzene ring substituents is 1. The molecule has 3 rings (SSSR count). The quantitative estimate of drug-likeness (QED) is 0.336. The van der Waals surface area contributed by atoms with E-state index >= 15 is 0 Å². The molecule has 0 bridgehead atoms. The highest BCUT2D eigenvalue weighted by molar-refractivity contribution is 7.92. The molecule has 1 aromatic heterocycles. The molecule has 1 heterocycles. The largest absolute Gasteiger partial charge is 0.279 e. The summed E-state index contributed by atoms with van der Waals surface area (Å²) in [6, 6.07) is 12.2. The van der Waals surface area contributed by atoms with Crippen LogP contribution in [0.25, 0.3) is 0 Å². The smallest absolute Gasteiger partial charge is 0.270 e. The van der Waals surface area contributed by atoms with Gasteiger partial charge in [0.1, 0.15) is 4.90 Å². The maximum absolute atomic E-state index is 13.0. The Morgan fingerprint density at radius 1 is 1.03 bits per heavy atom. The topological polar surface area (TPSA) is 127 Å². The van der Waals surface area contributed by atoms with E-state index in [9.17, 15) is 18.5 Å². The second-order valence-corrected chi connectivity index (χ2v) is 8.16. The van der Waals surface area contributed by atoms with Gasteiger partial charge in [-0.3, -0.25) is 25.2 Å². The van der Waals surface area contributed by atoms with Crippen LogP contribution in [0.15, 0.2) is 70.9 Å². The molecule has 0 amide bonds. The van der Waals surface area contributed by atoms with Crippen molar-refractivity contribution < 1.29 is 13.3 Å². The molecule has 0 aliphatic rings. The number of hydrogen-bond acceptors (Lipinski definition) is 7. The molecule has 0 fully saturated rings. The molecule has 2 aromatic carbocycles. The molecule has 0 radical (unpaired) electrons. The summed E-state index contributed by atoms with van der Waals surface area (Å²) in [7, 11) is -4.13. The molecule has 0 spiro atoms. The predicted molar refractivity (Wildman–Crippen MR) is 115 cm³/mol. The number of anilines is 2. The van der Waals surface area contributed by atoms with Gasteiger partial charge in [0.15, 0.2) is 0 Å². The Bertz CT molecular complexity index is 1210. The van der Waals surface area contributed by atoms with Crippen LogP contribution in [0.1, 0.15) is 16.7 Å². The highest BCUT2D eigenvalue weighted by Gasteiger charge is 2.23. The third-order valence-electron chi connectivity index (χ3n) is 4.20. The highest BCUT2D eigenvalue weighted by atomic mass is 32.2. The Morgan fingerprint density at radius 2 is 1.73 bits per heavy atom. The van der Waals surface area contributed by atoms with Gasteiger partial charge >= 0.3 is 0 Å². The van der Waals surface area contributed by atoms with Crippen LogP contribution in [0.3, 0.4) is 0 Å². The zero-order valence-corrected chi connectivity index (χ0v) is 17.1. The summed E-state index contributed by atoms with van der Waals surface area (Å²) in [6.07, 6.45) is 4.67. The first-order valence-corrected chi connectivity index (χ1v) is 10.3. The van der Waals surface area contributed by atoms with Crippen LogP contribution >= 0.6 is 0 Å². The fraction of sp³-hybridized carbons (Fsp3) is 0.100. The molecule has 10 heteroatoms. The summed E-state index contributed by atoms with van der Waals surface area (Å²) in [5.41, 5.74) is 5.25. The van der Waals surface area contributed by atoms with Gasteiger partial charge < -0.3 is 0 Å². The van der Waals surface area contributed by atoms with Crippen LogP contribution < -0.4 is 10.1 Å². The van der Waals surface area contributed by atoms with Crippen molar-refractivity contribution in [3.05, 3.63) is 87.7 Å². The van der Waals surface area contributed by atoms with Crippen LogP contribution in [-0.2, 0) is 10.0 Å². The van der Waals surface area contributed by atoms with Gasteiger partial charge in [-0.25, -0.2) is 8.42 Å². The van der Waals surface area contributed by atoms with E-state index in [1.165, 1.54) is 18.3 Å². The van der Waals surface area contributed by atoms with Crippen LogP contribution in [0.2, 0.25) is 0 Å². The zero-order valence-electron chi connectivity index (χ0n) is 16.2. The molecule has 0 saturated heterocycles. The minimum atomic E-state index is -4.13. The SMILES string of the molecule is Cc1ccc(NS(=O)(=O)c2cc([N+](=O)[O-])ccc2NN=Cc2ccncc2)c(C)c1. The van der Waals surface area contributed by atoms with Crippen molar-refractivity contribution in [2.24, 2.45) is 5.10 Å². The number of nitrogens with zero attached hydrogens (tertiary/aromatic N) is 3. The second-order valence-electron chi connectivity index (χ2n) is 6.51. The van der Waals surface area contributed by atoms with Gasteiger partial charge in [-0.15, -0.1) is 0 Å². The van der Waals surface area contributed by atoms with Crippen LogP contribution in [-0.4, -0.2) is 24.5 Å². The van der Waals surface area contributed by atoms with Crippen molar-refractivity contribution in [2.75, 3.05) is 10.1 Å². The highest BCUT2D eigenvalue weighted by Crippen LogP contribution is 2.29. The molecular formula is C20H19N5O4S. The molecule has 154 valence electrons. The minimum Gasteiger partial charge on any atom is -0.279 e. The second kappa shape index (κ2) is 8.70. The number of sulfonamides is 1. The summed E-state index contributed by atoms with van der Waals surface area (Å²) in [5, 5.41) is 15.2. The van der Waals surface area contributed by atoms with Gasteiger partial charge in [0.25, 0.3) is 15.7 Å².